The summed E-state index contributed by atoms with van der Waals surface area (Å²) in [5.41, 5.74) is 0.564. The molecule has 164 valence electrons. The normalized spacial score (nSPS) is 11.1. The standard InChI is InChI=1S/C22H24N2O6S/c1-28-21-11-3-2-10-20(21)24-31(26,27)19-9-4-7-17(15-19)22(25)23-12-6-13-29-16-18-8-5-14-30-18/h2-5,7-11,14-15,24H,6,12-13,16H2,1H3,(H,23,25). The van der Waals surface area contributed by atoms with Crippen molar-refractivity contribution in [3.63, 3.8) is 0 Å². The minimum atomic E-state index is -3.89. The van der Waals surface area contributed by atoms with Crippen molar-refractivity contribution >= 4 is 21.6 Å². The Morgan fingerprint density at radius 2 is 1.90 bits per heavy atom. The van der Waals surface area contributed by atoms with E-state index in [1.807, 2.05) is 6.07 Å². The molecule has 0 saturated heterocycles. The van der Waals surface area contributed by atoms with Crippen molar-refractivity contribution in [1.29, 1.82) is 0 Å². The molecule has 1 aromatic heterocycles. The summed E-state index contributed by atoms with van der Waals surface area (Å²) < 4.78 is 43.8. The van der Waals surface area contributed by atoms with Gasteiger partial charge >= 0.3 is 0 Å². The minimum absolute atomic E-state index is 0.0205. The van der Waals surface area contributed by atoms with Gasteiger partial charge in [-0.2, -0.15) is 0 Å². The number of nitrogens with one attached hydrogen (secondary N) is 2. The highest BCUT2D eigenvalue weighted by Crippen LogP contribution is 2.26. The average molecular weight is 445 g/mol. The number of ether oxygens (including phenoxy) is 2. The van der Waals surface area contributed by atoms with Crippen LogP contribution in [0.15, 0.2) is 76.2 Å². The number of furan rings is 1. The first-order chi connectivity index (χ1) is 15.0. The maximum Gasteiger partial charge on any atom is 0.262 e. The summed E-state index contributed by atoms with van der Waals surface area (Å²) in [6.45, 7) is 1.23. The predicted octanol–water partition coefficient (Wildman–Crippen LogP) is 3.43. The molecule has 1 heterocycles. The van der Waals surface area contributed by atoms with Crippen molar-refractivity contribution in [3.05, 3.63) is 78.3 Å². The molecular formula is C22H24N2O6S. The van der Waals surface area contributed by atoms with Gasteiger partial charge in [-0.25, -0.2) is 8.42 Å². The molecule has 2 N–H and O–H groups in total. The van der Waals surface area contributed by atoms with E-state index in [4.69, 9.17) is 13.9 Å². The third-order valence-electron chi connectivity index (χ3n) is 4.33. The van der Waals surface area contributed by atoms with Crippen LogP contribution in [0.4, 0.5) is 5.69 Å². The minimum Gasteiger partial charge on any atom is -0.495 e. The number of carbonyl (C=O) groups excluding carboxylic acids is 1. The molecule has 0 atom stereocenters. The lowest BCUT2D eigenvalue weighted by molar-refractivity contribution is 0.0917. The Labute approximate surface area is 181 Å². The molecule has 0 radical (unpaired) electrons. The first-order valence-corrected chi connectivity index (χ1v) is 11.1. The van der Waals surface area contributed by atoms with E-state index < -0.39 is 10.0 Å². The van der Waals surface area contributed by atoms with Gasteiger partial charge in [-0.15, -0.1) is 0 Å². The topological polar surface area (TPSA) is 107 Å². The van der Waals surface area contributed by atoms with E-state index in [1.165, 1.54) is 25.3 Å². The third-order valence-corrected chi connectivity index (χ3v) is 5.70. The molecule has 9 heteroatoms. The molecule has 0 aliphatic heterocycles. The van der Waals surface area contributed by atoms with Crippen LogP contribution in [0, 0.1) is 0 Å². The van der Waals surface area contributed by atoms with Gasteiger partial charge in [0, 0.05) is 18.7 Å². The van der Waals surface area contributed by atoms with Gasteiger partial charge in [0.1, 0.15) is 18.1 Å². The second kappa shape index (κ2) is 10.6. The zero-order valence-electron chi connectivity index (χ0n) is 17.0. The van der Waals surface area contributed by atoms with Gasteiger partial charge in [-0.3, -0.25) is 9.52 Å². The van der Waals surface area contributed by atoms with E-state index in [1.54, 1.807) is 42.7 Å². The van der Waals surface area contributed by atoms with E-state index in [0.717, 1.165) is 5.76 Å². The van der Waals surface area contributed by atoms with E-state index in [0.29, 0.717) is 37.6 Å². The summed E-state index contributed by atoms with van der Waals surface area (Å²) in [5, 5.41) is 2.76. The summed E-state index contributed by atoms with van der Waals surface area (Å²) in [7, 11) is -2.44. The summed E-state index contributed by atoms with van der Waals surface area (Å²) in [5.74, 6) is 0.776. The molecule has 0 fully saturated rings. The van der Waals surface area contributed by atoms with Crippen LogP contribution in [0.3, 0.4) is 0 Å². The largest absolute Gasteiger partial charge is 0.495 e. The van der Waals surface area contributed by atoms with Crippen molar-refractivity contribution in [2.75, 3.05) is 25.0 Å². The summed E-state index contributed by atoms with van der Waals surface area (Å²) in [6.07, 6.45) is 2.19. The van der Waals surface area contributed by atoms with Crippen LogP contribution in [0.1, 0.15) is 22.5 Å². The van der Waals surface area contributed by atoms with Crippen LogP contribution in [0.5, 0.6) is 5.75 Å². The fourth-order valence-electron chi connectivity index (χ4n) is 2.78. The second-order valence-electron chi connectivity index (χ2n) is 6.58. The van der Waals surface area contributed by atoms with Crippen LogP contribution in [-0.2, 0) is 21.4 Å². The van der Waals surface area contributed by atoms with Crippen LogP contribution >= 0.6 is 0 Å². The fourth-order valence-corrected chi connectivity index (χ4v) is 3.90. The predicted molar refractivity (Wildman–Crippen MR) is 116 cm³/mol. The number of sulfonamides is 1. The Morgan fingerprint density at radius 1 is 1.06 bits per heavy atom. The van der Waals surface area contributed by atoms with E-state index in [9.17, 15) is 13.2 Å². The third kappa shape index (κ3) is 6.34. The van der Waals surface area contributed by atoms with Crippen molar-refractivity contribution in [2.45, 2.75) is 17.9 Å². The highest BCUT2D eigenvalue weighted by molar-refractivity contribution is 7.92. The zero-order valence-corrected chi connectivity index (χ0v) is 17.9. The molecule has 3 aromatic rings. The lowest BCUT2D eigenvalue weighted by atomic mass is 10.2. The van der Waals surface area contributed by atoms with Gasteiger partial charge in [0.2, 0.25) is 0 Å². The number of para-hydroxylation sites is 2. The Morgan fingerprint density at radius 3 is 2.68 bits per heavy atom. The van der Waals surface area contributed by atoms with Crippen LogP contribution in [0.2, 0.25) is 0 Å². The lowest BCUT2D eigenvalue weighted by Crippen LogP contribution is -2.25. The van der Waals surface area contributed by atoms with Gasteiger partial charge in [-0.05, 0) is 48.9 Å². The second-order valence-corrected chi connectivity index (χ2v) is 8.26. The average Bonchev–Trinajstić information content (AvgIpc) is 3.30. The number of rotatable bonds is 11. The molecule has 0 aliphatic carbocycles. The Bertz CT molecular complexity index is 1100. The van der Waals surface area contributed by atoms with Crippen LogP contribution in [0.25, 0.3) is 0 Å². The number of carbonyl (C=O) groups is 1. The van der Waals surface area contributed by atoms with Crippen molar-refractivity contribution in [3.8, 4) is 5.75 Å². The molecule has 2 aromatic carbocycles. The fraction of sp³-hybridized carbons (Fsp3) is 0.227. The van der Waals surface area contributed by atoms with Crippen LogP contribution in [-0.4, -0.2) is 34.6 Å². The van der Waals surface area contributed by atoms with E-state index in [2.05, 4.69) is 10.0 Å². The number of methoxy groups -OCH3 is 1. The molecule has 31 heavy (non-hydrogen) atoms. The quantitative estimate of drug-likeness (QED) is 0.439. The maximum absolute atomic E-state index is 12.8. The van der Waals surface area contributed by atoms with Gasteiger partial charge < -0.3 is 19.2 Å². The van der Waals surface area contributed by atoms with E-state index >= 15 is 0 Å². The lowest BCUT2D eigenvalue weighted by Gasteiger charge is -2.12. The number of amides is 1. The molecule has 0 unspecified atom stereocenters. The van der Waals surface area contributed by atoms with E-state index in [-0.39, 0.29) is 16.4 Å². The Kier molecular flexibility index (Phi) is 7.69. The Balaban J connectivity index is 1.54. The molecule has 0 spiro atoms. The van der Waals surface area contributed by atoms with Crippen molar-refractivity contribution in [1.82, 2.24) is 5.32 Å². The van der Waals surface area contributed by atoms with Gasteiger partial charge in [0.15, 0.2) is 0 Å². The number of anilines is 1. The molecular weight excluding hydrogens is 420 g/mol. The van der Waals surface area contributed by atoms with Crippen LogP contribution < -0.4 is 14.8 Å². The molecule has 0 saturated carbocycles. The monoisotopic (exact) mass is 444 g/mol. The molecule has 0 bridgehead atoms. The van der Waals surface area contributed by atoms with Gasteiger partial charge in [0.05, 0.1) is 24.0 Å². The zero-order chi connectivity index (χ0) is 22.1. The summed E-state index contributed by atoms with van der Waals surface area (Å²) in [4.78, 5) is 12.4. The molecule has 1 amide bonds. The Hall–Kier alpha value is -3.30. The number of hydrogen-bond donors (Lipinski definition) is 2. The molecule has 0 aliphatic rings. The maximum atomic E-state index is 12.8. The molecule has 3 rings (SSSR count). The van der Waals surface area contributed by atoms with Crippen molar-refractivity contribution in [2.24, 2.45) is 0 Å². The molecule has 8 nitrogen and oxygen atoms in total. The number of hydrogen-bond acceptors (Lipinski definition) is 6. The summed E-state index contributed by atoms with van der Waals surface area (Å²) in [6, 6.07) is 16.2. The van der Waals surface area contributed by atoms with Gasteiger partial charge in [0.25, 0.3) is 15.9 Å². The smallest absolute Gasteiger partial charge is 0.262 e. The SMILES string of the molecule is COc1ccccc1NS(=O)(=O)c1cccc(C(=O)NCCCOCc2ccco2)c1. The highest BCUT2D eigenvalue weighted by Gasteiger charge is 2.18. The summed E-state index contributed by atoms with van der Waals surface area (Å²) >= 11 is 0. The van der Waals surface area contributed by atoms with Crippen molar-refractivity contribution < 1.29 is 27.1 Å². The number of benzene rings is 2. The highest BCUT2D eigenvalue weighted by atomic mass is 32.2. The first-order valence-electron chi connectivity index (χ1n) is 9.64. The first kappa shape index (κ1) is 22.4. The van der Waals surface area contributed by atoms with Gasteiger partial charge in [-0.1, -0.05) is 18.2 Å².